The van der Waals surface area contributed by atoms with Crippen LogP contribution in [0, 0.1) is 17.8 Å². The van der Waals surface area contributed by atoms with Gasteiger partial charge in [0.1, 0.15) is 0 Å². The summed E-state index contributed by atoms with van der Waals surface area (Å²) in [4.78, 5) is 11.7. The Morgan fingerprint density at radius 3 is 1.87 bits per heavy atom. The Kier molecular flexibility index (Phi) is 13.9. The van der Waals surface area contributed by atoms with Gasteiger partial charge >= 0.3 is 0 Å². The SMILES string of the molecule is CC1(C)CCC(NCc2cccc(-c3ccc4nc[nH]c4c3)c2)CC1.Cc1cccc(CNC2CCC(C)(C)CC2)c1.Cl.Cn1cnc2ccccc21. The molecule has 0 amide bonds. The molecule has 53 heavy (non-hydrogen) atoms. The molecule has 2 aliphatic carbocycles. The third-order valence-corrected chi connectivity index (χ3v) is 11.3. The van der Waals surface area contributed by atoms with Crippen molar-refractivity contribution in [2.24, 2.45) is 17.9 Å². The van der Waals surface area contributed by atoms with E-state index in [1.54, 1.807) is 6.33 Å². The topological polar surface area (TPSA) is 70.6 Å². The molecule has 2 aliphatic rings. The number of aromatic amines is 1. The maximum atomic E-state index is 4.30. The highest BCUT2D eigenvalue weighted by Crippen LogP contribution is 2.36. The van der Waals surface area contributed by atoms with Crippen LogP contribution in [0.4, 0.5) is 0 Å². The average Bonchev–Trinajstić information content (AvgIpc) is 3.78. The van der Waals surface area contributed by atoms with E-state index in [-0.39, 0.29) is 12.4 Å². The van der Waals surface area contributed by atoms with Crippen LogP contribution in [0.1, 0.15) is 95.8 Å². The first kappa shape index (κ1) is 40.2. The van der Waals surface area contributed by atoms with Gasteiger partial charge in [0.15, 0.2) is 0 Å². The second-order valence-corrected chi connectivity index (χ2v) is 16.8. The van der Waals surface area contributed by atoms with E-state index in [4.69, 9.17) is 0 Å². The molecule has 8 rings (SSSR count). The van der Waals surface area contributed by atoms with Crippen LogP contribution in [0.3, 0.4) is 0 Å². The monoisotopic (exact) mass is 732 g/mol. The van der Waals surface area contributed by atoms with Crippen LogP contribution in [0.5, 0.6) is 0 Å². The minimum absolute atomic E-state index is 0. The van der Waals surface area contributed by atoms with Crippen molar-refractivity contribution in [1.82, 2.24) is 30.2 Å². The lowest BCUT2D eigenvalue weighted by Gasteiger charge is -2.34. The Morgan fingerprint density at radius 1 is 0.660 bits per heavy atom. The molecule has 0 bridgehead atoms. The van der Waals surface area contributed by atoms with E-state index < -0.39 is 0 Å². The second-order valence-electron chi connectivity index (χ2n) is 16.8. The summed E-state index contributed by atoms with van der Waals surface area (Å²) < 4.78 is 2.01. The van der Waals surface area contributed by atoms with Gasteiger partial charge in [-0.25, -0.2) is 9.97 Å². The van der Waals surface area contributed by atoms with Gasteiger partial charge in [0.25, 0.3) is 0 Å². The minimum Gasteiger partial charge on any atom is -0.345 e. The molecule has 6 nitrogen and oxygen atoms in total. The van der Waals surface area contributed by atoms with Gasteiger partial charge in [-0.3, -0.25) is 0 Å². The molecule has 0 spiro atoms. The van der Waals surface area contributed by atoms with Crippen LogP contribution in [0.25, 0.3) is 33.2 Å². The van der Waals surface area contributed by atoms with Crippen molar-refractivity contribution in [3.63, 3.8) is 0 Å². The number of aromatic nitrogens is 4. The number of benzene rings is 4. The zero-order valence-electron chi connectivity index (χ0n) is 32.8. The van der Waals surface area contributed by atoms with Crippen LogP contribution in [0.15, 0.2) is 104 Å². The fourth-order valence-corrected chi connectivity index (χ4v) is 7.61. The van der Waals surface area contributed by atoms with Gasteiger partial charge in [0, 0.05) is 32.2 Å². The third kappa shape index (κ3) is 11.8. The number of hydrogen-bond acceptors (Lipinski definition) is 4. The molecule has 0 unspecified atom stereocenters. The molecule has 0 radical (unpaired) electrons. The van der Waals surface area contributed by atoms with Crippen molar-refractivity contribution in [1.29, 1.82) is 0 Å². The molecule has 3 N–H and O–H groups in total. The quantitative estimate of drug-likeness (QED) is 0.153. The molecule has 2 fully saturated rings. The first-order valence-corrected chi connectivity index (χ1v) is 19.4. The second kappa shape index (κ2) is 18.4. The van der Waals surface area contributed by atoms with Gasteiger partial charge in [0.05, 0.1) is 34.7 Å². The number of hydrogen-bond donors (Lipinski definition) is 3. The van der Waals surface area contributed by atoms with E-state index in [9.17, 15) is 0 Å². The molecule has 0 atom stereocenters. The summed E-state index contributed by atoms with van der Waals surface area (Å²) in [6, 6.07) is 33.5. The predicted octanol–water partition coefficient (Wildman–Crippen LogP) is 11.3. The fraction of sp³-hybridized carbons (Fsp3) is 0.435. The maximum absolute atomic E-state index is 4.30. The third-order valence-electron chi connectivity index (χ3n) is 11.3. The number of imidazole rings is 2. The number of H-pyrrole nitrogens is 1. The minimum atomic E-state index is 0. The summed E-state index contributed by atoms with van der Waals surface area (Å²) in [5.74, 6) is 0. The van der Waals surface area contributed by atoms with Gasteiger partial charge in [-0.15, -0.1) is 12.4 Å². The first-order valence-electron chi connectivity index (χ1n) is 19.4. The molecule has 0 saturated heterocycles. The molecule has 0 aliphatic heterocycles. The van der Waals surface area contributed by atoms with Crippen molar-refractivity contribution in [3.8, 4) is 11.1 Å². The maximum Gasteiger partial charge on any atom is 0.0955 e. The van der Waals surface area contributed by atoms with E-state index in [0.29, 0.717) is 16.9 Å². The number of para-hydroxylation sites is 2. The van der Waals surface area contributed by atoms with Crippen LogP contribution in [0.2, 0.25) is 0 Å². The highest BCUT2D eigenvalue weighted by molar-refractivity contribution is 5.85. The number of rotatable bonds is 7. The van der Waals surface area contributed by atoms with Crippen molar-refractivity contribution in [2.45, 2.75) is 111 Å². The van der Waals surface area contributed by atoms with Crippen LogP contribution in [-0.2, 0) is 20.1 Å². The predicted molar refractivity (Wildman–Crippen MR) is 226 cm³/mol. The van der Waals surface area contributed by atoms with Gasteiger partial charge in [0.2, 0.25) is 0 Å². The number of halogens is 1. The summed E-state index contributed by atoms with van der Waals surface area (Å²) >= 11 is 0. The highest BCUT2D eigenvalue weighted by atomic mass is 35.5. The number of nitrogens with zero attached hydrogens (tertiary/aromatic N) is 3. The van der Waals surface area contributed by atoms with E-state index >= 15 is 0 Å². The van der Waals surface area contributed by atoms with Crippen LogP contribution in [-0.4, -0.2) is 31.6 Å². The molecule has 6 aromatic rings. The molecule has 2 aromatic heterocycles. The summed E-state index contributed by atoms with van der Waals surface area (Å²) in [7, 11) is 2.00. The van der Waals surface area contributed by atoms with E-state index in [1.165, 1.54) is 84.7 Å². The Morgan fingerprint density at radius 2 is 1.25 bits per heavy atom. The van der Waals surface area contributed by atoms with Crippen molar-refractivity contribution in [3.05, 3.63) is 120 Å². The molecular weight excluding hydrogens is 672 g/mol. The van der Waals surface area contributed by atoms with Crippen molar-refractivity contribution >= 4 is 34.5 Å². The summed E-state index contributed by atoms with van der Waals surface area (Å²) in [5, 5.41) is 7.47. The fourth-order valence-electron chi connectivity index (χ4n) is 7.61. The van der Waals surface area contributed by atoms with Gasteiger partial charge in [-0.1, -0.05) is 93.9 Å². The lowest BCUT2D eigenvalue weighted by molar-refractivity contribution is 0.206. The number of nitrogens with one attached hydrogen (secondary N) is 3. The first-order chi connectivity index (χ1) is 25.0. The van der Waals surface area contributed by atoms with Gasteiger partial charge in [-0.05, 0) is 122 Å². The summed E-state index contributed by atoms with van der Waals surface area (Å²) in [6.45, 7) is 13.7. The summed E-state index contributed by atoms with van der Waals surface area (Å²) in [6.07, 6.45) is 14.2. The summed E-state index contributed by atoms with van der Waals surface area (Å²) in [5.41, 5.74) is 12.1. The number of aryl methyl sites for hydroxylation is 2. The van der Waals surface area contributed by atoms with Crippen molar-refractivity contribution < 1.29 is 0 Å². The van der Waals surface area contributed by atoms with E-state index in [2.05, 4.69) is 133 Å². The largest absolute Gasteiger partial charge is 0.345 e. The lowest BCUT2D eigenvalue weighted by atomic mass is 9.75. The molecule has 7 heteroatoms. The Bertz CT molecular complexity index is 2000. The number of fused-ring (bicyclic) bond motifs is 2. The molecule has 2 saturated carbocycles. The molecular formula is C46H61ClN6. The zero-order chi connectivity index (χ0) is 36.6. The van der Waals surface area contributed by atoms with E-state index in [1.807, 2.05) is 36.1 Å². The van der Waals surface area contributed by atoms with Crippen LogP contribution < -0.4 is 10.6 Å². The van der Waals surface area contributed by atoms with Gasteiger partial charge in [-0.2, -0.15) is 0 Å². The van der Waals surface area contributed by atoms with Crippen LogP contribution >= 0.6 is 12.4 Å². The lowest BCUT2D eigenvalue weighted by Crippen LogP contribution is -2.35. The van der Waals surface area contributed by atoms with Crippen molar-refractivity contribution in [2.75, 3.05) is 0 Å². The normalized spacial score (nSPS) is 16.9. The van der Waals surface area contributed by atoms with E-state index in [0.717, 1.165) is 35.7 Å². The zero-order valence-corrected chi connectivity index (χ0v) is 33.6. The standard InChI is InChI=1S/C22H27N3.C16H25N.C8H8N2.ClH/c1-22(2)10-8-19(9-11-22)23-14-16-4-3-5-17(12-16)18-6-7-20-21(13-18)25-15-24-20;1-13-5-4-6-14(11-13)12-17-15-7-9-16(2,3)10-8-15;1-10-6-9-7-4-2-3-5-8(7)10;/h3-7,12-13,15,19,23H,8-11,14H2,1-2H3,(H,24,25);4-6,11,15,17H,7-10,12H2,1-3H3;2-6H,1H3;1H. The Balaban J connectivity index is 0.000000167. The smallest absolute Gasteiger partial charge is 0.0955 e. The van der Waals surface area contributed by atoms with Gasteiger partial charge < -0.3 is 20.2 Å². The molecule has 2 heterocycles. The Labute approximate surface area is 324 Å². The molecule has 282 valence electrons. The molecule has 4 aromatic carbocycles. The highest BCUT2D eigenvalue weighted by Gasteiger charge is 2.27. The Hall–Kier alpha value is -3.97. The average molecular weight is 733 g/mol.